The molecular weight excluding hydrogens is 516 g/mol. The van der Waals surface area contributed by atoms with Crippen molar-refractivity contribution in [2.24, 2.45) is 21.8 Å². The molecule has 0 spiro atoms. The first kappa shape index (κ1) is 31.6. The minimum absolute atomic E-state index is 0.0380. The van der Waals surface area contributed by atoms with Gasteiger partial charge in [-0.25, -0.2) is 11.0 Å². The molecule has 0 radical (unpaired) electrons. The van der Waals surface area contributed by atoms with Crippen LogP contribution >= 0.6 is 0 Å². The van der Waals surface area contributed by atoms with Gasteiger partial charge in [0, 0.05) is 38.0 Å². The van der Waals surface area contributed by atoms with Crippen molar-refractivity contribution in [2.45, 2.75) is 102 Å². The highest BCUT2D eigenvalue weighted by Gasteiger charge is 2.34. The molecule has 2 saturated heterocycles. The van der Waals surface area contributed by atoms with E-state index in [1.54, 1.807) is 0 Å². The van der Waals surface area contributed by atoms with Gasteiger partial charge in [-0.15, -0.1) is 0 Å². The molecule has 2 aliphatic heterocycles. The van der Waals surface area contributed by atoms with Gasteiger partial charge in [0.2, 0.25) is 0 Å². The maximum absolute atomic E-state index is 9.49. The zero-order valence-electron chi connectivity index (χ0n) is 24.0. The number of hydrogen-bond donors (Lipinski definition) is 6. The van der Waals surface area contributed by atoms with E-state index in [1.807, 2.05) is 11.0 Å². The standard InChI is InChI=1S/C28H52N6O6/c35-33-25(31-15-7-13-29-17-23-19-37-27(39-23)21-9-3-1-4-10-21)26(34-36)32-16-8-14-30-18-24-20-38-28(40-24)22-11-5-2-6-12-22/h21-24,27-30,35-36H,1-20H2,(H,31,33)(H,32,34). The van der Waals surface area contributed by atoms with Gasteiger partial charge in [0.15, 0.2) is 24.3 Å². The molecule has 12 heteroatoms. The van der Waals surface area contributed by atoms with Gasteiger partial charge in [0.1, 0.15) is 0 Å². The summed E-state index contributed by atoms with van der Waals surface area (Å²) in [6.07, 6.45) is 14.3. The number of hydroxylamine groups is 2. The fraction of sp³-hybridized carbons (Fsp3) is 0.929. The minimum Gasteiger partial charge on any atom is -0.350 e. The van der Waals surface area contributed by atoms with E-state index in [4.69, 9.17) is 18.9 Å². The second-order valence-electron chi connectivity index (χ2n) is 11.5. The van der Waals surface area contributed by atoms with Crippen LogP contribution in [0.4, 0.5) is 0 Å². The van der Waals surface area contributed by atoms with Gasteiger partial charge < -0.3 is 29.6 Å². The molecule has 40 heavy (non-hydrogen) atoms. The lowest BCUT2D eigenvalue weighted by atomic mass is 9.89. The van der Waals surface area contributed by atoms with E-state index in [-0.39, 0.29) is 36.5 Å². The second kappa shape index (κ2) is 18.2. The summed E-state index contributed by atoms with van der Waals surface area (Å²) < 4.78 is 24.0. The van der Waals surface area contributed by atoms with Crippen LogP contribution < -0.4 is 21.6 Å². The molecular formula is C28H52N6O6. The molecule has 2 heterocycles. The summed E-state index contributed by atoms with van der Waals surface area (Å²) in [6, 6.07) is 0. The zero-order chi connectivity index (χ0) is 27.8. The maximum atomic E-state index is 9.49. The average molecular weight is 569 g/mol. The van der Waals surface area contributed by atoms with Gasteiger partial charge in [0.05, 0.1) is 25.4 Å². The van der Waals surface area contributed by atoms with E-state index in [0.29, 0.717) is 38.1 Å². The molecule has 2 aliphatic carbocycles. The highest BCUT2D eigenvalue weighted by atomic mass is 16.7. The van der Waals surface area contributed by atoms with E-state index in [2.05, 4.69) is 20.6 Å². The fourth-order valence-electron chi connectivity index (χ4n) is 6.10. The molecule has 6 N–H and O–H groups in total. The Morgan fingerprint density at radius 3 is 1.45 bits per heavy atom. The van der Waals surface area contributed by atoms with E-state index in [9.17, 15) is 10.4 Å². The van der Waals surface area contributed by atoms with E-state index < -0.39 is 0 Å². The molecule has 4 aliphatic rings. The summed E-state index contributed by atoms with van der Waals surface area (Å²) >= 11 is 0. The Bertz CT molecular complexity index is 700. The third kappa shape index (κ3) is 10.5. The van der Waals surface area contributed by atoms with Crippen LogP contribution in [-0.4, -0.2) is 99.4 Å². The number of rotatable bonds is 14. The Hall–Kier alpha value is -1.38. The molecule has 12 nitrogen and oxygen atoms in total. The third-order valence-electron chi connectivity index (χ3n) is 8.36. The van der Waals surface area contributed by atoms with Crippen molar-refractivity contribution in [3.8, 4) is 0 Å². The zero-order valence-corrected chi connectivity index (χ0v) is 24.0. The van der Waals surface area contributed by atoms with Gasteiger partial charge in [-0.05, 0) is 51.6 Å². The molecule has 0 aromatic carbocycles. The molecule has 2 saturated carbocycles. The van der Waals surface area contributed by atoms with Crippen LogP contribution in [-0.2, 0) is 18.9 Å². The predicted molar refractivity (Wildman–Crippen MR) is 152 cm³/mol. The Kier molecular flexibility index (Phi) is 14.4. The second-order valence-corrected chi connectivity index (χ2v) is 11.5. The van der Waals surface area contributed by atoms with Gasteiger partial charge in [-0.3, -0.25) is 20.4 Å². The van der Waals surface area contributed by atoms with Crippen LogP contribution in [0.15, 0.2) is 9.98 Å². The molecule has 0 aromatic rings. The Morgan fingerprint density at radius 1 is 0.625 bits per heavy atom. The first-order valence-electron chi connectivity index (χ1n) is 15.6. The van der Waals surface area contributed by atoms with Gasteiger partial charge in [-0.2, -0.15) is 0 Å². The number of aliphatic imine (C=N–C) groups is 2. The van der Waals surface area contributed by atoms with E-state index in [0.717, 1.165) is 39.0 Å². The van der Waals surface area contributed by atoms with Crippen LogP contribution in [0, 0.1) is 11.8 Å². The highest BCUT2D eigenvalue weighted by molar-refractivity contribution is 6.39. The number of nitrogens with one attached hydrogen (secondary N) is 4. The van der Waals surface area contributed by atoms with Crippen molar-refractivity contribution >= 4 is 11.7 Å². The normalized spacial score (nSPS) is 29.2. The SMILES string of the molecule is ONC(=NCCCNCC1COC(C2CCCCC2)O1)C(=NCCCNCC1COC(C2CCCCC2)O1)NO. The van der Waals surface area contributed by atoms with Crippen LogP contribution in [0.1, 0.15) is 77.0 Å². The first-order valence-corrected chi connectivity index (χ1v) is 15.6. The summed E-state index contributed by atoms with van der Waals surface area (Å²) in [5.41, 5.74) is 4.08. The van der Waals surface area contributed by atoms with Crippen molar-refractivity contribution in [1.29, 1.82) is 0 Å². The van der Waals surface area contributed by atoms with Crippen molar-refractivity contribution in [1.82, 2.24) is 21.6 Å². The van der Waals surface area contributed by atoms with Gasteiger partial charge >= 0.3 is 0 Å². The topological polar surface area (TPSA) is 150 Å². The van der Waals surface area contributed by atoms with Crippen molar-refractivity contribution in [2.75, 3.05) is 52.5 Å². The van der Waals surface area contributed by atoms with Crippen molar-refractivity contribution in [3.63, 3.8) is 0 Å². The molecule has 4 unspecified atom stereocenters. The molecule has 0 amide bonds. The number of ether oxygens (including phenoxy) is 4. The van der Waals surface area contributed by atoms with Gasteiger partial charge in [-0.1, -0.05) is 38.5 Å². The smallest absolute Gasteiger partial charge is 0.190 e. The molecule has 4 rings (SSSR count). The summed E-state index contributed by atoms with van der Waals surface area (Å²) in [4.78, 5) is 8.66. The molecule has 4 fully saturated rings. The first-order chi connectivity index (χ1) is 19.8. The average Bonchev–Trinajstić information content (AvgIpc) is 3.68. The number of hydrogen-bond acceptors (Lipinski definition) is 10. The predicted octanol–water partition coefficient (Wildman–Crippen LogP) is 2.34. The Labute approximate surface area is 239 Å². The summed E-state index contributed by atoms with van der Waals surface area (Å²) in [7, 11) is 0. The van der Waals surface area contributed by atoms with Crippen LogP contribution in [0.2, 0.25) is 0 Å². The van der Waals surface area contributed by atoms with Crippen LogP contribution in [0.3, 0.4) is 0 Å². The lowest BCUT2D eigenvalue weighted by Gasteiger charge is -2.26. The fourth-order valence-corrected chi connectivity index (χ4v) is 6.10. The largest absolute Gasteiger partial charge is 0.350 e. The minimum atomic E-state index is -0.0380. The van der Waals surface area contributed by atoms with Gasteiger partial charge in [0.25, 0.3) is 0 Å². The van der Waals surface area contributed by atoms with E-state index >= 15 is 0 Å². The molecule has 4 atom stereocenters. The van der Waals surface area contributed by atoms with Crippen LogP contribution in [0.5, 0.6) is 0 Å². The summed E-state index contributed by atoms with van der Waals surface area (Å²) in [5.74, 6) is 1.32. The molecule has 0 aromatic heterocycles. The maximum Gasteiger partial charge on any atom is 0.190 e. The van der Waals surface area contributed by atoms with Crippen LogP contribution in [0.25, 0.3) is 0 Å². The van der Waals surface area contributed by atoms with Crippen molar-refractivity contribution in [3.05, 3.63) is 0 Å². The van der Waals surface area contributed by atoms with Crippen molar-refractivity contribution < 1.29 is 29.4 Å². The van der Waals surface area contributed by atoms with E-state index in [1.165, 1.54) is 64.2 Å². The third-order valence-corrected chi connectivity index (χ3v) is 8.36. The molecule has 0 bridgehead atoms. The Balaban J connectivity index is 1.03. The summed E-state index contributed by atoms with van der Waals surface area (Å²) in [5, 5.41) is 25.8. The lowest BCUT2D eigenvalue weighted by Crippen LogP contribution is -2.38. The molecule has 230 valence electrons. The summed E-state index contributed by atoms with van der Waals surface area (Å²) in [6.45, 7) is 5.25. The lowest BCUT2D eigenvalue weighted by molar-refractivity contribution is -0.104. The Morgan fingerprint density at radius 2 is 1.05 bits per heavy atom. The quantitative estimate of drug-likeness (QED) is 0.0798. The number of nitrogens with zero attached hydrogens (tertiary/aromatic N) is 2. The highest BCUT2D eigenvalue weighted by Crippen LogP contribution is 2.32. The number of amidine groups is 2. The monoisotopic (exact) mass is 568 g/mol.